The van der Waals surface area contributed by atoms with E-state index < -0.39 is 15.5 Å². The predicted octanol–water partition coefficient (Wildman–Crippen LogP) is 2.80. The third kappa shape index (κ3) is 3.36. The van der Waals surface area contributed by atoms with Gasteiger partial charge < -0.3 is 0 Å². The van der Waals surface area contributed by atoms with Crippen LogP contribution in [0.1, 0.15) is 11.9 Å². The van der Waals surface area contributed by atoms with Gasteiger partial charge in [-0.15, -0.1) is 11.3 Å². The number of anilines is 1. The minimum absolute atomic E-state index is 0.0708. The Balaban J connectivity index is 2.29. The Kier molecular flexibility index (Phi) is 4.18. The summed E-state index contributed by atoms with van der Waals surface area (Å²) in [6, 6.07) is 3.30. The summed E-state index contributed by atoms with van der Waals surface area (Å²) in [7, 11) is 0. The molecule has 1 N–H and O–H groups in total. The van der Waals surface area contributed by atoms with Gasteiger partial charge in [0.25, 0.3) is 5.69 Å². The summed E-state index contributed by atoms with van der Waals surface area (Å²) in [4.78, 5) is 24.2. The fraction of sp³-hybridized carbons (Fsp3) is 0.0909. The molecule has 0 radical (unpaired) electrons. The van der Waals surface area contributed by atoms with Gasteiger partial charge in [0.05, 0.1) is 21.6 Å². The molecule has 9 nitrogen and oxygen atoms in total. The van der Waals surface area contributed by atoms with Crippen molar-refractivity contribution >= 4 is 34.1 Å². The van der Waals surface area contributed by atoms with Crippen molar-refractivity contribution in [2.45, 2.75) is 6.92 Å². The second kappa shape index (κ2) is 6.05. The second-order valence-electron chi connectivity index (χ2n) is 3.86. The minimum atomic E-state index is -0.705. The smallest absolute Gasteiger partial charge is 0.271 e. The van der Waals surface area contributed by atoms with E-state index in [2.05, 4.69) is 15.5 Å². The van der Waals surface area contributed by atoms with Crippen LogP contribution in [0.5, 0.6) is 0 Å². The molecule has 0 aliphatic heterocycles. The maximum absolute atomic E-state index is 11.0. The molecule has 1 aromatic heterocycles. The molecule has 108 valence electrons. The Morgan fingerprint density at radius 1 is 1.33 bits per heavy atom. The number of hydrogen-bond acceptors (Lipinski definition) is 8. The van der Waals surface area contributed by atoms with E-state index in [0.29, 0.717) is 10.7 Å². The highest BCUT2D eigenvalue weighted by molar-refractivity contribution is 7.11. The summed E-state index contributed by atoms with van der Waals surface area (Å²) < 4.78 is 0. The minimum Gasteiger partial charge on any atom is -0.271 e. The molecule has 0 fully saturated rings. The molecule has 2 rings (SSSR count). The van der Waals surface area contributed by atoms with Crippen LogP contribution in [0.3, 0.4) is 0 Å². The van der Waals surface area contributed by atoms with Crippen molar-refractivity contribution < 1.29 is 9.85 Å². The Bertz CT molecular complexity index is 713. The van der Waals surface area contributed by atoms with Gasteiger partial charge in [0.15, 0.2) is 0 Å². The number of non-ortho nitro benzene ring substituents is 1. The van der Waals surface area contributed by atoms with Crippen LogP contribution >= 0.6 is 11.3 Å². The number of nitrogens with one attached hydrogen (secondary N) is 1. The van der Waals surface area contributed by atoms with E-state index in [1.807, 2.05) is 0 Å². The van der Waals surface area contributed by atoms with Gasteiger partial charge in [-0.3, -0.25) is 25.7 Å². The van der Waals surface area contributed by atoms with Gasteiger partial charge in [0.2, 0.25) is 0 Å². The van der Waals surface area contributed by atoms with Crippen LogP contribution in [-0.4, -0.2) is 20.5 Å². The maximum Gasteiger partial charge on any atom is 0.301 e. The van der Waals surface area contributed by atoms with Crippen molar-refractivity contribution in [2.24, 2.45) is 5.10 Å². The quantitative estimate of drug-likeness (QED) is 0.514. The van der Waals surface area contributed by atoms with Crippen LogP contribution in [0.2, 0.25) is 0 Å². The molecule has 0 spiro atoms. The predicted molar refractivity (Wildman–Crippen MR) is 77.7 cm³/mol. The Labute approximate surface area is 122 Å². The van der Waals surface area contributed by atoms with Gasteiger partial charge in [-0.2, -0.15) is 5.10 Å². The molecule has 0 saturated heterocycles. The SMILES string of the molecule is C/C(=N/Nc1ccc([N+](=O)[O-])cc1[N+](=O)[O-])c1nccs1. The molecule has 0 aliphatic carbocycles. The van der Waals surface area contributed by atoms with Crippen LogP contribution in [0.4, 0.5) is 17.1 Å². The highest BCUT2D eigenvalue weighted by Gasteiger charge is 2.19. The number of thiazole rings is 1. The monoisotopic (exact) mass is 307 g/mol. The summed E-state index contributed by atoms with van der Waals surface area (Å²) in [6.07, 6.45) is 1.62. The third-order valence-corrected chi connectivity index (χ3v) is 3.36. The summed E-state index contributed by atoms with van der Waals surface area (Å²) in [6.45, 7) is 1.70. The van der Waals surface area contributed by atoms with Crippen LogP contribution in [0, 0.1) is 20.2 Å². The van der Waals surface area contributed by atoms with Gasteiger partial charge in [0, 0.05) is 17.6 Å². The first-order valence-electron chi connectivity index (χ1n) is 5.62. The normalized spacial score (nSPS) is 11.2. The van der Waals surface area contributed by atoms with Gasteiger partial charge in [-0.1, -0.05) is 0 Å². The topological polar surface area (TPSA) is 124 Å². The van der Waals surface area contributed by atoms with Crippen LogP contribution in [0.25, 0.3) is 0 Å². The van der Waals surface area contributed by atoms with Gasteiger partial charge in [0.1, 0.15) is 10.7 Å². The van der Waals surface area contributed by atoms with Crippen molar-refractivity contribution in [3.8, 4) is 0 Å². The van der Waals surface area contributed by atoms with Gasteiger partial charge in [-0.05, 0) is 13.0 Å². The zero-order valence-corrected chi connectivity index (χ0v) is 11.5. The summed E-state index contributed by atoms with van der Waals surface area (Å²) in [5.41, 5.74) is 2.39. The summed E-state index contributed by atoms with van der Waals surface area (Å²) >= 11 is 1.38. The van der Waals surface area contributed by atoms with E-state index in [-0.39, 0.29) is 11.4 Å². The average Bonchev–Trinajstić information content (AvgIpc) is 2.98. The number of nitrogens with zero attached hydrogens (tertiary/aromatic N) is 4. The zero-order chi connectivity index (χ0) is 15.4. The molecule has 0 atom stereocenters. The number of nitro benzene ring substituents is 2. The molecule has 0 unspecified atom stereocenters. The number of nitro groups is 2. The lowest BCUT2D eigenvalue weighted by Crippen LogP contribution is -2.02. The molecule has 10 heteroatoms. The number of hydrogen-bond donors (Lipinski definition) is 1. The van der Waals surface area contributed by atoms with Crippen molar-refractivity contribution in [1.82, 2.24) is 4.98 Å². The maximum atomic E-state index is 11.0. The van der Waals surface area contributed by atoms with Crippen molar-refractivity contribution in [3.63, 3.8) is 0 Å². The lowest BCUT2D eigenvalue weighted by atomic mass is 10.2. The van der Waals surface area contributed by atoms with Crippen molar-refractivity contribution in [1.29, 1.82) is 0 Å². The first-order valence-corrected chi connectivity index (χ1v) is 6.50. The number of rotatable bonds is 5. The van der Waals surface area contributed by atoms with Crippen LogP contribution < -0.4 is 5.43 Å². The molecule has 0 amide bonds. The van der Waals surface area contributed by atoms with Crippen LogP contribution in [-0.2, 0) is 0 Å². The number of benzene rings is 1. The van der Waals surface area contributed by atoms with E-state index in [9.17, 15) is 20.2 Å². The molecular weight excluding hydrogens is 298 g/mol. The molecule has 1 heterocycles. The molecule has 0 bridgehead atoms. The Morgan fingerprint density at radius 3 is 2.67 bits per heavy atom. The standard InChI is InChI=1S/C11H9N5O4S/c1-7(11-12-4-5-21-11)13-14-9-3-2-8(15(17)18)6-10(9)16(19)20/h2-6,14H,1H3/b13-7-. The fourth-order valence-corrected chi connectivity index (χ4v) is 2.06. The average molecular weight is 307 g/mol. The first kappa shape index (κ1) is 14.5. The fourth-order valence-electron chi connectivity index (χ4n) is 1.47. The molecular formula is C11H9N5O4S. The highest BCUT2D eigenvalue weighted by atomic mass is 32.1. The van der Waals surface area contributed by atoms with Crippen molar-refractivity contribution in [2.75, 3.05) is 5.43 Å². The van der Waals surface area contributed by atoms with E-state index in [4.69, 9.17) is 0 Å². The number of aromatic nitrogens is 1. The Morgan fingerprint density at radius 2 is 2.10 bits per heavy atom. The molecule has 21 heavy (non-hydrogen) atoms. The van der Waals surface area contributed by atoms with Crippen LogP contribution in [0.15, 0.2) is 34.9 Å². The van der Waals surface area contributed by atoms with E-state index >= 15 is 0 Å². The summed E-state index contributed by atoms with van der Waals surface area (Å²) in [5.74, 6) is 0. The molecule has 2 aromatic rings. The second-order valence-corrected chi connectivity index (χ2v) is 4.76. The zero-order valence-electron chi connectivity index (χ0n) is 10.7. The van der Waals surface area contributed by atoms with E-state index in [1.54, 1.807) is 18.5 Å². The highest BCUT2D eigenvalue weighted by Crippen LogP contribution is 2.29. The molecule has 0 aliphatic rings. The first-order chi connectivity index (χ1) is 9.99. The van der Waals surface area contributed by atoms with E-state index in [0.717, 1.165) is 6.07 Å². The lowest BCUT2D eigenvalue weighted by Gasteiger charge is -2.03. The largest absolute Gasteiger partial charge is 0.301 e. The number of hydrazone groups is 1. The summed E-state index contributed by atoms with van der Waals surface area (Å²) in [5, 5.41) is 28.0. The Hall–Kier alpha value is -2.88. The lowest BCUT2D eigenvalue weighted by molar-refractivity contribution is -0.393. The molecule has 0 saturated carbocycles. The third-order valence-electron chi connectivity index (χ3n) is 2.47. The van der Waals surface area contributed by atoms with Crippen molar-refractivity contribution in [3.05, 3.63) is 55.0 Å². The van der Waals surface area contributed by atoms with Gasteiger partial charge >= 0.3 is 5.69 Å². The van der Waals surface area contributed by atoms with E-state index in [1.165, 1.54) is 23.5 Å². The molecule has 1 aromatic carbocycles. The van der Waals surface area contributed by atoms with Gasteiger partial charge in [-0.25, -0.2) is 4.98 Å².